The van der Waals surface area contributed by atoms with Gasteiger partial charge in [-0.1, -0.05) is 38.1 Å². The summed E-state index contributed by atoms with van der Waals surface area (Å²) in [7, 11) is 0. The van der Waals surface area contributed by atoms with E-state index < -0.39 is 5.92 Å². The molecule has 1 aromatic rings. The first-order chi connectivity index (χ1) is 12.0. The molecule has 0 bridgehead atoms. The average molecular weight is 342 g/mol. The molecule has 1 aromatic carbocycles. The Morgan fingerprint density at radius 3 is 2.60 bits per heavy atom. The van der Waals surface area contributed by atoms with Gasteiger partial charge in [-0.05, 0) is 36.5 Å². The summed E-state index contributed by atoms with van der Waals surface area (Å²) in [5.41, 5.74) is 2.09. The van der Waals surface area contributed by atoms with Gasteiger partial charge in [-0.3, -0.25) is 9.59 Å². The van der Waals surface area contributed by atoms with Gasteiger partial charge in [0.1, 0.15) is 5.92 Å². The molecule has 0 radical (unpaired) electrons. The lowest BCUT2D eigenvalue weighted by molar-refractivity contribution is -0.132. The monoisotopic (exact) mass is 342 g/mol. The Balaban J connectivity index is 1.61. The maximum Gasteiger partial charge on any atom is 0.239 e. The van der Waals surface area contributed by atoms with Gasteiger partial charge in [-0.2, -0.15) is 0 Å². The van der Waals surface area contributed by atoms with Gasteiger partial charge in [0.05, 0.1) is 0 Å². The van der Waals surface area contributed by atoms with Gasteiger partial charge in [0.25, 0.3) is 0 Å². The summed E-state index contributed by atoms with van der Waals surface area (Å²) in [6.07, 6.45) is 5.06. The fraction of sp³-hybridized carbons (Fsp3) is 0.500. The van der Waals surface area contributed by atoms with E-state index in [4.69, 9.17) is 5.11 Å². The van der Waals surface area contributed by atoms with Crippen LogP contribution in [-0.4, -0.2) is 36.1 Å². The summed E-state index contributed by atoms with van der Waals surface area (Å²) in [5.74, 6) is -0.411. The largest absolute Gasteiger partial charge is 0.396 e. The molecule has 1 unspecified atom stereocenters. The van der Waals surface area contributed by atoms with Crippen molar-refractivity contribution >= 4 is 17.5 Å². The SMILES string of the molecule is CC(C)c1ccc(N2CCC(C(=O)N[C@@H]3C=C[C@H](CO)C3)C2=O)cc1. The molecule has 5 nitrogen and oxygen atoms in total. The lowest BCUT2D eigenvalue weighted by atomic mass is 10.0. The number of hydrogen-bond donors (Lipinski definition) is 2. The summed E-state index contributed by atoms with van der Waals surface area (Å²) >= 11 is 0. The van der Waals surface area contributed by atoms with E-state index in [-0.39, 0.29) is 30.4 Å². The Bertz CT molecular complexity index is 666. The van der Waals surface area contributed by atoms with Gasteiger partial charge in [0.15, 0.2) is 0 Å². The number of anilines is 1. The molecule has 2 amide bonds. The summed E-state index contributed by atoms with van der Waals surface area (Å²) < 4.78 is 0. The number of carbonyl (C=O) groups is 2. The van der Waals surface area contributed by atoms with Crippen LogP contribution < -0.4 is 10.2 Å². The van der Waals surface area contributed by atoms with E-state index in [0.29, 0.717) is 25.3 Å². The third-order valence-electron chi connectivity index (χ3n) is 5.13. The predicted molar refractivity (Wildman–Crippen MR) is 97.3 cm³/mol. The lowest BCUT2D eigenvalue weighted by Crippen LogP contribution is -2.41. The second kappa shape index (κ2) is 7.40. The number of benzene rings is 1. The standard InChI is InChI=1S/C20H26N2O3/c1-13(2)15-4-7-17(8-5-15)22-10-9-18(20(22)25)19(24)21-16-6-3-14(11-16)12-23/h3-8,13-14,16,18,23H,9-12H2,1-2H3,(H,21,24)/t14-,16+,18?/m0/s1. The minimum absolute atomic E-state index is 0.0863. The molecule has 1 fully saturated rings. The van der Waals surface area contributed by atoms with Crippen molar-refractivity contribution in [1.82, 2.24) is 5.32 Å². The zero-order valence-electron chi connectivity index (χ0n) is 14.8. The van der Waals surface area contributed by atoms with Crippen LogP contribution in [0, 0.1) is 11.8 Å². The maximum atomic E-state index is 12.7. The highest BCUT2D eigenvalue weighted by atomic mass is 16.3. The van der Waals surface area contributed by atoms with Crippen LogP contribution in [0.5, 0.6) is 0 Å². The molecule has 2 N–H and O–H groups in total. The van der Waals surface area contributed by atoms with Gasteiger partial charge < -0.3 is 15.3 Å². The smallest absolute Gasteiger partial charge is 0.239 e. The summed E-state index contributed by atoms with van der Waals surface area (Å²) in [5, 5.41) is 12.1. The van der Waals surface area contributed by atoms with E-state index in [1.165, 1.54) is 5.56 Å². The number of aliphatic hydroxyl groups excluding tert-OH is 1. The first-order valence-corrected chi connectivity index (χ1v) is 9.00. The van der Waals surface area contributed by atoms with Crippen molar-refractivity contribution < 1.29 is 14.7 Å². The summed E-state index contributed by atoms with van der Waals surface area (Å²) in [4.78, 5) is 26.8. The zero-order valence-corrected chi connectivity index (χ0v) is 14.8. The van der Waals surface area contributed by atoms with Crippen molar-refractivity contribution in [2.45, 2.75) is 38.6 Å². The molecule has 1 aliphatic heterocycles. The quantitative estimate of drug-likeness (QED) is 0.637. The van der Waals surface area contributed by atoms with Gasteiger partial charge in [-0.15, -0.1) is 0 Å². The molecule has 25 heavy (non-hydrogen) atoms. The van der Waals surface area contributed by atoms with Crippen LogP contribution in [0.2, 0.25) is 0 Å². The first-order valence-electron chi connectivity index (χ1n) is 9.00. The second-order valence-corrected chi connectivity index (χ2v) is 7.26. The minimum Gasteiger partial charge on any atom is -0.396 e. The highest BCUT2D eigenvalue weighted by Gasteiger charge is 2.38. The Kier molecular flexibility index (Phi) is 5.23. The molecule has 5 heteroatoms. The van der Waals surface area contributed by atoms with Crippen molar-refractivity contribution in [3.05, 3.63) is 42.0 Å². The van der Waals surface area contributed by atoms with Gasteiger partial charge in [0.2, 0.25) is 11.8 Å². The molecule has 134 valence electrons. The Hall–Kier alpha value is -2.14. The van der Waals surface area contributed by atoms with Crippen LogP contribution >= 0.6 is 0 Å². The van der Waals surface area contributed by atoms with Crippen LogP contribution in [0.3, 0.4) is 0 Å². The average Bonchev–Trinajstić information content (AvgIpc) is 3.21. The topological polar surface area (TPSA) is 69.6 Å². The van der Waals surface area contributed by atoms with Crippen LogP contribution in [-0.2, 0) is 9.59 Å². The Morgan fingerprint density at radius 1 is 1.28 bits per heavy atom. The number of nitrogens with one attached hydrogen (secondary N) is 1. The van der Waals surface area contributed by atoms with Crippen LogP contribution in [0.1, 0.15) is 38.2 Å². The number of amides is 2. The van der Waals surface area contributed by atoms with E-state index in [1.54, 1.807) is 4.90 Å². The fourth-order valence-electron chi connectivity index (χ4n) is 3.52. The number of aliphatic hydroxyl groups is 1. The van der Waals surface area contributed by atoms with Crippen LogP contribution in [0.15, 0.2) is 36.4 Å². The third kappa shape index (κ3) is 3.76. The molecule has 1 aliphatic carbocycles. The maximum absolute atomic E-state index is 12.7. The molecule has 2 aliphatic rings. The van der Waals surface area contributed by atoms with Gasteiger partial charge in [0, 0.05) is 30.8 Å². The highest BCUT2D eigenvalue weighted by Crippen LogP contribution is 2.27. The normalized spacial score (nSPS) is 25.8. The molecule has 0 spiro atoms. The minimum atomic E-state index is -0.619. The van der Waals surface area contributed by atoms with Crippen molar-refractivity contribution in [3.63, 3.8) is 0 Å². The number of carbonyl (C=O) groups excluding carboxylic acids is 2. The predicted octanol–water partition coefficient (Wildman–Crippen LogP) is 2.22. The van der Waals surface area contributed by atoms with E-state index in [0.717, 1.165) is 5.69 Å². The van der Waals surface area contributed by atoms with Gasteiger partial charge in [-0.25, -0.2) is 0 Å². The molecule has 0 saturated carbocycles. The van der Waals surface area contributed by atoms with E-state index in [9.17, 15) is 9.59 Å². The number of nitrogens with zero attached hydrogens (tertiary/aromatic N) is 1. The van der Waals surface area contributed by atoms with Gasteiger partial charge >= 0.3 is 0 Å². The van der Waals surface area contributed by atoms with Crippen molar-refractivity contribution in [2.75, 3.05) is 18.1 Å². The molecule has 1 saturated heterocycles. The fourth-order valence-corrected chi connectivity index (χ4v) is 3.52. The zero-order chi connectivity index (χ0) is 18.0. The van der Waals surface area contributed by atoms with Crippen LogP contribution in [0.4, 0.5) is 5.69 Å². The molecule has 0 aromatic heterocycles. The van der Waals surface area contributed by atoms with E-state index >= 15 is 0 Å². The molecule has 3 atom stereocenters. The van der Waals surface area contributed by atoms with Crippen molar-refractivity contribution in [1.29, 1.82) is 0 Å². The molecular formula is C20H26N2O3. The van der Waals surface area contributed by atoms with Crippen molar-refractivity contribution in [2.24, 2.45) is 11.8 Å². The molecule has 3 rings (SSSR count). The Morgan fingerprint density at radius 2 is 2.00 bits per heavy atom. The lowest BCUT2D eigenvalue weighted by Gasteiger charge is -2.19. The summed E-state index contributed by atoms with van der Waals surface area (Å²) in [6.45, 7) is 4.92. The van der Waals surface area contributed by atoms with Crippen molar-refractivity contribution in [3.8, 4) is 0 Å². The summed E-state index contributed by atoms with van der Waals surface area (Å²) in [6, 6.07) is 7.91. The Labute approximate surface area is 148 Å². The number of rotatable bonds is 5. The highest BCUT2D eigenvalue weighted by molar-refractivity contribution is 6.09. The van der Waals surface area contributed by atoms with E-state index in [1.807, 2.05) is 36.4 Å². The first kappa shape index (κ1) is 17.7. The van der Waals surface area contributed by atoms with E-state index in [2.05, 4.69) is 19.2 Å². The third-order valence-corrected chi connectivity index (χ3v) is 5.13. The number of hydrogen-bond acceptors (Lipinski definition) is 3. The van der Waals surface area contributed by atoms with Crippen LogP contribution in [0.25, 0.3) is 0 Å². The molecule has 1 heterocycles. The second-order valence-electron chi connectivity index (χ2n) is 7.26. The molecular weight excluding hydrogens is 316 g/mol.